The molecule has 0 bridgehead atoms. The van der Waals surface area contributed by atoms with Crippen LogP contribution in [0.25, 0.3) is 44.9 Å². The molecule has 0 radical (unpaired) electrons. The molecule has 2 heteroatoms. The van der Waals surface area contributed by atoms with E-state index in [0.717, 1.165) is 45.0 Å². The summed E-state index contributed by atoms with van der Waals surface area (Å²) in [5, 5.41) is 0. The van der Waals surface area contributed by atoms with E-state index >= 15 is 0 Å². The number of rotatable bonds is 7. The highest BCUT2D eigenvalue weighted by molar-refractivity contribution is 5.79. The largest absolute Gasteiger partial charge is 0.228 e. The number of nitrogens with zero attached hydrogens (tertiary/aromatic N) is 2. The molecule has 1 heterocycles. The van der Waals surface area contributed by atoms with E-state index in [4.69, 9.17) is 9.97 Å². The Morgan fingerprint density at radius 3 is 2.13 bits per heavy atom. The maximum atomic E-state index is 5.27. The van der Waals surface area contributed by atoms with Gasteiger partial charge in [-0.1, -0.05) is 166 Å². The first kappa shape index (κ1) is 29.4. The fourth-order valence-electron chi connectivity index (χ4n) is 7.03. The average Bonchev–Trinajstić information content (AvgIpc) is 3.35. The third-order valence-electron chi connectivity index (χ3n) is 9.60. The van der Waals surface area contributed by atoms with Crippen molar-refractivity contribution in [2.45, 2.75) is 32.1 Å². The lowest BCUT2D eigenvalue weighted by molar-refractivity contribution is 0.394. The quantitative estimate of drug-likeness (QED) is 0.175. The molecule has 4 aromatic carbocycles. The van der Waals surface area contributed by atoms with Crippen LogP contribution >= 0.6 is 0 Å². The second-order valence-electron chi connectivity index (χ2n) is 12.8. The van der Waals surface area contributed by atoms with Gasteiger partial charge in [-0.2, -0.15) is 0 Å². The number of aromatic nitrogens is 2. The molecule has 1 aromatic heterocycles. The Hall–Kier alpha value is -5.34. The minimum atomic E-state index is 0.0180. The van der Waals surface area contributed by atoms with Crippen molar-refractivity contribution < 1.29 is 0 Å². The van der Waals surface area contributed by atoms with Gasteiger partial charge in [-0.25, -0.2) is 9.97 Å². The predicted octanol–water partition coefficient (Wildman–Crippen LogP) is 11.3. The lowest BCUT2D eigenvalue weighted by Crippen LogP contribution is -2.24. The van der Waals surface area contributed by atoms with Crippen molar-refractivity contribution in [1.29, 1.82) is 0 Å². The summed E-state index contributed by atoms with van der Waals surface area (Å²) in [7, 11) is 0. The van der Waals surface area contributed by atoms with Gasteiger partial charge in [-0.05, 0) is 63.3 Å². The maximum absolute atomic E-state index is 5.27. The molecule has 2 atom stereocenters. The van der Waals surface area contributed by atoms with Crippen LogP contribution in [-0.2, 0) is 5.41 Å². The van der Waals surface area contributed by atoms with Gasteiger partial charge in [-0.3, -0.25) is 0 Å². The second-order valence-corrected chi connectivity index (χ2v) is 12.8. The van der Waals surface area contributed by atoms with Gasteiger partial charge in [0.05, 0.1) is 11.4 Å². The Bertz CT molecular complexity index is 2020. The average molecular weight is 595 g/mol. The van der Waals surface area contributed by atoms with E-state index in [0.29, 0.717) is 11.8 Å². The molecule has 0 spiro atoms. The van der Waals surface area contributed by atoms with Crippen LogP contribution in [0, 0.1) is 5.92 Å². The molecular weight excluding hydrogens is 556 g/mol. The van der Waals surface area contributed by atoms with Crippen molar-refractivity contribution in [3.05, 3.63) is 181 Å². The van der Waals surface area contributed by atoms with Crippen LogP contribution in [0.15, 0.2) is 158 Å². The Labute approximate surface area is 272 Å². The molecule has 0 amide bonds. The molecule has 2 nitrogen and oxygen atoms in total. The van der Waals surface area contributed by atoms with Gasteiger partial charge < -0.3 is 0 Å². The van der Waals surface area contributed by atoms with Crippen LogP contribution in [0.1, 0.15) is 49.1 Å². The zero-order valence-electron chi connectivity index (χ0n) is 26.7. The minimum Gasteiger partial charge on any atom is -0.228 e. The monoisotopic (exact) mass is 594 g/mol. The van der Waals surface area contributed by atoms with Crippen molar-refractivity contribution in [3.63, 3.8) is 0 Å². The highest BCUT2D eigenvalue weighted by Gasteiger charge is 2.45. The van der Waals surface area contributed by atoms with E-state index in [1.807, 2.05) is 18.2 Å². The molecule has 224 valence electrons. The molecule has 0 aliphatic heterocycles. The Morgan fingerprint density at radius 1 is 0.717 bits per heavy atom. The molecule has 2 unspecified atom stereocenters. The fourth-order valence-corrected chi connectivity index (χ4v) is 7.03. The first-order valence-electron chi connectivity index (χ1n) is 16.0. The van der Waals surface area contributed by atoms with Gasteiger partial charge >= 0.3 is 0 Å². The molecule has 46 heavy (non-hydrogen) atoms. The molecule has 0 N–H and O–H groups in total. The summed E-state index contributed by atoms with van der Waals surface area (Å²) in [6, 6.07) is 38.3. The van der Waals surface area contributed by atoms with Crippen LogP contribution in [0.5, 0.6) is 0 Å². The summed E-state index contributed by atoms with van der Waals surface area (Å²) >= 11 is 0. The van der Waals surface area contributed by atoms with Crippen LogP contribution in [-0.4, -0.2) is 9.97 Å². The minimum absolute atomic E-state index is 0.0180. The Morgan fingerprint density at radius 2 is 1.39 bits per heavy atom. The molecule has 0 fully saturated rings. The van der Waals surface area contributed by atoms with Gasteiger partial charge in [0.15, 0.2) is 5.82 Å². The summed E-state index contributed by atoms with van der Waals surface area (Å²) < 4.78 is 0. The zero-order valence-corrected chi connectivity index (χ0v) is 26.7. The van der Waals surface area contributed by atoms with Crippen LogP contribution in [0.2, 0.25) is 0 Å². The summed E-state index contributed by atoms with van der Waals surface area (Å²) in [5.74, 6) is 1.47. The third-order valence-corrected chi connectivity index (χ3v) is 9.60. The summed E-state index contributed by atoms with van der Waals surface area (Å²) in [4.78, 5) is 10.5. The van der Waals surface area contributed by atoms with Crippen molar-refractivity contribution in [2.75, 3.05) is 0 Å². The van der Waals surface area contributed by atoms with Gasteiger partial charge in [0, 0.05) is 17.0 Å². The molecule has 2 aliphatic carbocycles. The van der Waals surface area contributed by atoms with Crippen LogP contribution < -0.4 is 0 Å². The second kappa shape index (κ2) is 12.2. The number of allylic oxidation sites excluding steroid dienone is 9. The Balaban J connectivity index is 1.37. The first-order chi connectivity index (χ1) is 22.4. The SMILES string of the molecule is C=C/C(=C\C=C(/C)c1cc(-c2ccc(-c3ccccc3)cc2)nc(-c2cccc3c2C2C=CC=CC2C3(C)C)n1)c1ccccc1. The topological polar surface area (TPSA) is 25.8 Å². The van der Waals surface area contributed by atoms with E-state index in [1.54, 1.807) is 0 Å². The fraction of sp³-hybridized carbons (Fsp3) is 0.136. The zero-order chi connectivity index (χ0) is 31.7. The van der Waals surface area contributed by atoms with Crippen molar-refractivity contribution in [3.8, 4) is 33.8 Å². The number of hydrogen-bond acceptors (Lipinski definition) is 2. The van der Waals surface area contributed by atoms with E-state index in [2.05, 4.69) is 161 Å². The van der Waals surface area contributed by atoms with E-state index in [9.17, 15) is 0 Å². The van der Waals surface area contributed by atoms with Gasteiger partial charge in [-0.15, -0.1) is 0 Å². The highest BCUT2D eigenvalue weighted by Crippen LogP contribution is 2.55. The summed E-state index contributed by atoms with van der Waals surface area (Å²) in [6.45, 7) is 10.9. The lowest BCUT2D eigenvalue weighted by Gasteiger charge is -2.29. The van der Waals surface area contributed by atoms with E-state index in [1.165, 1.54) is 22.3 Å². The van der Waals surface area contributed by atoms with Gasteiger partial charge in [0.1, 0.15) is 0 Å². The maximum Gasteiger partial charge on any atom is 0.160 e. The van der Waals surface area contributed by atoms with E-state index < -0.39 is 0 Å². The molecule has 0 saturated heterocycles. The number of hydrogen-bond donors (Lipinski definition) is 0. The normalized spacial score (nSPS) is 18.2. The number of benzene rings is 4. The predicted molar refractivity (Wildman–Crippen MR) is 194 cm³/mol. The van der Waals surface area contributed by atoms with Crippen LogP contribution in [0.3, 0.4) is 0 Å². The highest BCUT2D eigenvalue weighted by atomic mass is 14.9. The molecule has 5 aromatic rings. The van der Waals surface area contributed by atoms with Crippen LogP contribution in [0.4, 0.5) is 0 Å². The molecule has 0 saturated carbocycles. The lowest BCUT2D eigenvalue weighted by atomic mass is 9.74. The molecule has 2 aliphatic rings. The smallest absolute Gasteiger partial charge is 0.160 e. The summed E-state index contributed by atoms with van der Waals surface area (Å²) in [5.41, 5.74) is 12.4. The standard InChI is InChI=1S/C44H38N2/c1-5-31(32-15-8-6-9-16-32)24-23-30(2)40-29-41(35-27-25-34(26-28-35)33-17-10-7-11-18-33)46-43(45-40)37-20-14-22-39-42(37)36-19-12-13-21-38(36)44(39,3)4/h5-29,36,38H,1H2,2-4H3/b30-23+,31-24+. The van der Waals surface area contributed by atoms with Crippen molar-refractivity contribution in [2.24, 2.45) is 5.92 Å². The van der Waals surface area contributed by atoms with E-state index in [-0.39, 0.29) is 5.41 Å². The molecular formula is C44H38N2. The molecule has 7 rings (SSSR count). The van der Waals surface area contributed by atoms with Crippen molar-refractivity contribution in [1.82, 2.24) is 9.97 Å². The van der Waals surface area contributed by atoms with Crippen molar-refractivity contribution >= 4 is 11.1 Å². The Kier molecular flexibility index (Phi) is 7.80. The first-order valence-corrected chi connectivity index (χ1v) is 16.0. The number of fused-ring (bicyclic) bond motifs is 3. The van der Waals surface area contributed by atoms with Gasteiger partial charge in [0.2, 0.25) is 0 Å². The van der Waals surface area contributed by atoms with Gasteiger partial charge in [0.25, 0.3) is 0 Å². The third kappa shape index (κ3) is 5.41. The summed E-state index contributed by atoms with van der Waals surface area (Å²) in [6.07, 6.45) is 15.3.